The number of ether oxygens (including phenoxy) is 2. The zero-order chi connectivity index (χ0) is 22.9. The Labute approximate surface area is 200 Å². The lowest BCUT2D eigenvalue weighted by Gasteiger charge is -2.33. The number of nitrogens with zero attached hydrogens (tertiary/aromatic N) is 5. The second-order valence-electron chi connectivity index (χ2n) is 8.67. The highest BCUT2D eigenvalue weighted by atomic mass is 127. The second kappa shape index (κ2) is 8.94. The predicted molar refractivity (Wildman–Crippen MR) is 127 cm³/mol. The standard InChI is InChI=1S/C23H24IN5O3/c1-23(2,3)32-22(30)28-10-7-17(8-11-28)31-18-9-12-29-21(26-18)19(24)20(27-29)16-6-4-5-15(13-16)14-25/h4-6,9,12-13,17H,7-8,10-11H2,1-3H3. The Kier molecular flexibility index (Phi) is 6.24. The number of carbonyl (C=O) groups excluding carboxylic acids is 1. The molecule has 1 saturated heterocycles. The molecule has 0 atom stereocenters. The minimum Gasteiger partial charge on any atom is -0.474 e. The molecule has 1 aromatic carbocycles. The van der Waals surface area contributed by atoms with Crippen LogP contribution in [0.5, 0.6) is 5.88 Å². The summed E-state index contributed by atoms with van der Waals surface area (Å²) in [5, 5.41) is 13.8. The van der Waals surface area contributed by atoms with Gasteiger partial charge < -0.3 is 14.4 Å². The highest BCUT2D eigenvalue weighted by molar-refractivity contribution is 14.1. The third-order valence-corrected chi connectivity index (χ3v) is 6.04. The summed E-state index contributed by atoms with van der Waals surface area (Å²) >= 11 is 2.23. The molecule has 1 aliphatic heterocycles. The molecule has 0 bridgehead atoms. The Bertz CT molecular complexity index is 1190. The van der Waals surface area contributed by atoms with Crippen molar-refractivity contribution in [2.45, 2.75) is 45.3 Å². The van der Waals surface area contributed by atoms with Crippen LogP contribution in [0.3, 0.4) is 0 Å². The number of fused-ring (bicyclic) bond motifs is 1. The van der Waals surface area contributed by atoms with Gasteiger partial charge >= 0.3 is 6.09 Å². The molecule has 0 saturated carbocycles. The molecule has 3 heterocycles. The smallest absolute Gasteiger partial charge is 0.410 e. The number of rotatable bonds is 3. The average molecular weight is 545 g/mol. The third-order valence-electron chi connectivity index (χ3n) is 5.05. The maximum atomic E-state index is 12.2. The Hall–Kier alpha value is -2.87. The molecule has 32 heavy (non-hydrogen) atoms. The molecule has 166 valence electrons. The van der Waals surface area contributed by atoms with Crippen LogP contribution in [0.1, 0.15) is 39.2 Å². The van der Waals surface area contributed by atoms with E-state index in [0.717, 1.165) is 14.8 Å². The van der Waals surface area contributed by atoms with Gasteiger partial charge in [-0.3, -0.25) is 0 Å². The van der Waals surface area contributed by atoms with E-state index in [1.54, 1.807) is 21.5 Å². The molecule has 0 radical (unpaired) electrons. The van der Waals surface area contributed by atoms with E-state index in [1.807, 2.05) is 45.2 Å². The number of halogens is 1. The van der Waals surface area contributed by atoms with Crippen molar-refractivity contribution in [3.63, 3.8) is 0 Å². The van der Waals surface area contributed by atoms with E-state index in [2.05, 4.69) is 38.7 Å². The van der Waals surface area contributed by atoms with Gasteiger partial charge in [-0.25, -0.2) is 9.31 Å². The number of hydrogen-bond acceptors (Lipinski definition) is 6. The lowest BCUT2D eigenvalue weighted by atomic mass is 10.1. The first-order chi connectivity index (χ1) is 15.2. The topological polar surface area (TPSA) is 92.7 Å². The van der Waals surface area contributed by atoms with Crippen LogP contribution in [-0.4, -0.2) is 50.4 Å². The Morgan fingerprint density at radius 1 is 1.25 bits per heavy atom. The summed E-state index contributed by atoms with van der Waals surface area (Å²) in [6.45, 7) is 6.78. The van der Waals surface area contributed by atoms with Gasteiger partial charge in [0.25, 0.3) is 0 Å². The molecule has 0 spiro atoms. The van der Waals surface area contributed by atoms with Crippen LogP contribution in [0, 0.1) is 14.9 Å². The molecular weight excluding hydrogens is 521 g/mol. The van der Waals surface area contributed by atoms with Gasteiger partial charge in [0.15, 0.2) is 5.65 Å². The monoisotopic (exact) mass is 545 g/mol. The van der Waals surface area contributed by atoms with E-state index in [0.29, 0.717) is 43.0 Å². The first kappa shape index (κ1) is 22.3. The van der Waals surface area contributed by atoms with E-state index in [1.165, 1.54) is 0 Å². The molecular formula is C23H24IN5O3. The minimum absolute atomic E-state index is 0.0176. The fourth-order valence-corrected chi connectivity index (χ4v) is 4.31. The number of piperidine rings is 1. The SMILES string of the molecule is CC(C)(C)OC(=O)N1CCC(Oc2ccn3nc(-c4cccc(C#N)c4)c(I)c3n2)CC1. The molecule has 9 heteroatoms. The van der Waals surface area contributed by atoms with E-state index in [-0.39, 0.29) is 12.2 Å². The van der Waals surface area contributed by atoms with Crippen molar-refractivity contribution in [1.29, 1.82) is 5.26 Å². The first-order valence-corrected chi connectivity index (χ1v) is 11.5. The predicted octanol–water partition coefficient (Wildman–Crippen LogP) is 4.65. The van der Waals surface area contributed by atoms with Crippen molar-refractivity contribution >= 4 is 34.3 Å². The van der Waals surface area contributed by atoms with Gasteiger partial charge in [-0.1, -0.05) is 12.1 Å². The van der Waals surface area contributed by atoms with Crippen molar-refractivity contribution in [2.24, 2.45) is 0 Å². The van der Waals surface area contributed by atoms with Gasteiger partial charge in [-0.05, 0) is 55.5 Å². The molecule has 1 aliphatic rings. The zero-order valence-corrected chi connectivity index (χ0v) is 20.4. The number of likely N-dealkylation sites (tertiary alicyclic amines) is 1. The summed E-state index contributed by atoms with van der Waals surface area (Å²) in [5.41, 5.74) is 2.44. The molecule has 8 nitrogen and oxygen atoms in total. The maximum Gasteiger partial charge on any atom is 0.410 e. The summed E-state index contributed by atoms with van der Waals surface area (Å²) in [6, 6.07) is 11.3. The minimum atomic E-state index is -0.499. The van der Waals surface area contributed by atoms with E-state index in [9.17, 15) is 10.1 Å². The van der Waals surface area contributed by atoms with Crippen LogP contribution < -0.4 is 4.74 Å². The zero-order valence-electron chi connectivity index (χ0n) is 18.2. The van der Waals surface area contributed by atoms with Gasteiger partial charge in [-0.2, -0.15) is 15.3 Å². The second-order valence-corrected chi connectivity index (χ2v) is 9.75. The van der Waals surface area contributed by atoms with Crippen molar-refractivity contribution in [2.75, 3.05) is 13.1 Å². The molecule has 0 unspecified atom stereocenters. The Morgan fingerprint density at radius 2 is 2.00 bits per heavy atom. The lowest BCUT2D eigenvalue weighted by molar-refractivity contribution is 0.0123. The fraction of sp³-hybridized carbons (Fsp3) is 0.391. The van der Waals surface area contributed by atoms with Gasteiger partial charge in [0, 0.05) is 43.8 Å². The van der Waals surface area contributed by atoms with Crippen molar-refractivity contribution in [3.8, 4) is 23.2 Å². The Morgan fingerprint density at radius 3 is 2.69 bits per heavy atom. The summed E-state index contributed by atoms with van der Waals surface area (Å²) < 4.78 is 14.2. The van der Waals surface area contributed by atoms with Crippen LogP contribution >= 0.6 is 22.6 Å². The molecule has 1 fully saturated rings. The normalized spacial score (nSPS) is 14.9. The lowest BCUT2D eigenvalue weighted by Crippen LogP contribution is -2.44. The summed E-state index contributed by atoms with van der Waals surface area (Å²) in [7, 11) is 0. The highest BCUT2D eigenvalue weighted by Crippen LogP contribution is 2.29. The van der Waals surface area contributed by atoms with Crippen molar-refractivity contribution in [3.05, 3.63) is 45.7 Å². The maximum absolute atomic E-state index is 12.2. The van der Waals surface area contributed by atoms with Crippen molar-refractivity contribution < 1.29 is 14.3 Å². The number of carbonyl (C=O) groups is 1. The van der Waals surface area contributed by atoms with E-state index >= 15 is 0 Å². The van der Waals surface area contributed by atoms with Crippen LogP contribution in [0.2, 0.25) is 0 Å². The average Bonchev–Trinajstić information content (AvgIpc) is 3.09. The molecule has 3 aromatic rings. The largest absolute Gasteiger partial charge is 0.474 e. The number of aromatic nitrogens is 3. The van der Waals surface area contributed by atoms with Crippen LogP contribution in [0.4, 0.5) is 4.79 Å². The summed E-state index contributed by atoms with van der Waals surface area (Å²) in [6.07, 6.45) is 2.96. The third kappa shape index (κ3) is 4.96. The van der Waals surface area contributed by atoms with Crippen molar-refractivity contribution in [1.82, 2.24) is 19.5 Å². The van der Waals surface area contributed by atoms with Crippen LogP contribution in [0.25, 0.3) is 16.9 Å². The van der Waals surface area contributed by atoms with Crippen LogP contribution in [0.15, 0.2) is 36.5 Å². The first-order valence-electron chi connectivity index (χ1n) is 10.4. The Balaban J connectivity index is 1.45. The molecule has 4 rings (SSSR count). The molecule has 0 aliphatic carbocycles. The van der Waals surface area contributed by atoms with Gasteiger partial charge in [0.1, 0.15) is 17.4 Å². The fourth-order valence-electron chi connectivity index (χ4n) is 3.53. The quantitative estimate of drug-likeness (QED) is 0.445. The van der Waals surface area contributed by atoms with E-state index in [4.69, 9.17) is 9.47 Å². The van der Waals surface area contributed by atoms with Crippen LogP contribution in [-0.2, 0) is 4.74 Å². The number of amides is 1. The number of benzene rings is 1. The molecule has 0 N–H and O–H groups in total. The molecule has 1 amide bonds. The molecule has 2 aromatic heterocycles. The van der Waals surface area contributed by atoms with Gasteiger partial charge in [-0.15, -0.1) is 0 Å². The van der Waals surface area contributed by atoms with E-state index < -0.39 is 5.60 Å². The number of nitriles is 1. The van der Waals surface area contributed by atoms with Gasteiger partial charge in [0.2, 0.25) is 5.88 Å². The number of hydrogen-bond donors (Lipinski definition) is 0. The summed E-state index contributed by atoms with van der Waals surface area (Å²) in [5.74, 6) is 0.531. The summed E-state index contributed by atoms with van der Waals surface area (Å²) in [4.78, 5) is 18.6. The highest BCUT2D eigenvalue weighted by Gasteiger charge is 2.28. The van der Waals surface area contributed by atoms with Gasteiger partial charge in [0.05, 0.1) is 15.2 Å².